The molecule has 1 aromatic carbocycles. The van der Waals surface area contributed by atoms with Crippen molar-refractivity contribution in [1.82, 2.24) is 15.5 Å². The number of hydrogen-bond acceptors (Lipinski definition) is 4. The Labute approximate surface area is 164 Å². The van der Waals surface area contributed by atoms with Crippen molar-refractivity contribution in [3.05, 3.63) is 29.8 Å². The fraction of sp³-hybridized carbons (Fsp3) is 0.500. The van der Waals surface area contributed by atoms with Crippen molar-refractivity contribution < 1.29 is 19.2 Å². The second-order valence-electron chi connectivity index (χ2n) is 8.13. The summed E-state index contributed by atoms with van der Waals surface area (Å²) in [6, 6.07) is 6.24. The third kappa shape index (κ3) is 4.49. The Bertz CT molecular complexity index is 818. The second-order valence-corrected chi connectivity index (χ2v) is 8.13. The minimum Gasteiger partial charge on any atom is -0.349 e. The van der Waals surface area contributed by atoms with Gasteiger partial charge in [-0.25, -0.2) is 4.79 Å². The van der Waals surface area contributed by atoms with Crippen LogP contribution in [0.4, 0.5) is 10.5 Å². The summed E-state index contributed by atoms with van der Waals surface area (Å²) < 4.78 is 0. The molecule has 1 unspecified atom stereocenters. The van der Waals surface area contributed by atoms with Gasteiger partial charge in [-0.15, -0.1) is 0 Å². The van der Waals surface area contributed by atoms with Crippen LogP contribution in [0, 0.1) is 5.92 Å². The number of carbonyl (C=O) groups is 4. The minimum atomic E-state index is -0.994. The highest BCUT2D eigenvalue weighted by molar-refractivity contribution is 6.10. The minimum absolute atomic E-state index is 0.183. The van der Waals surface area contributed by atoms with Crippen LogP contribution < -0.4 is 16.0 Å². The van der Waals surface area contributed by atoms with E-state index in [1.165, 1.54) is 0 Å². The lowest BCUT2D eigenvalue weighted by Gasteiger charge is -2.23. The first-order chi connectivity index (χ1) is 13.2. The number of nitrogens with zero attached hydrogens (tertiary/aromatic N) is 1. The molecule has 0 aromatic heterocycles. The van der Waals surface area contributed by atoms with Crippen LogP contribution in [0.5, 0.6) is 0 Å². The van der Waals surface area contributed by atoms with Crippen molar-refractivity contribution in [2.45, 2.75) is 51.6 Å². The molecule has 1 heterocycles. The molecule has 0 bridgehead atoms. The predicted octanol–water partition coefficient (Wildman–Crippen LogP) is 1.87. The molecule has 5 amide bonds. The van der Waals surface area contributed by atoms with E-state index in [4.69, 9.17) is 0 Å². The zero-order chi connectivity index (χ0) is 20.5. The molecule has 3 rings (SSSR count). The van der Waals surface area contributed by atoms with Gasteiger partial charge < -0.3 is 16.0 Å². The number of urea groups is 1. The monoisotopic (exact) mass is 386 g/mol. The van der Waals surface area contributed by atoms with Gasteiger partial charge in [0.1, 0.15) is 12.1 Å². The van der Waals surface area contributed by atoms with Crippen LogP contribution >= 0.6 is 0 Å². The van der Waals surface area contributed by atoms with E-state index >= 15 is 0 Å². The molecule has 28 heavy (non-hydrogen) atoms. The van der Waals surface area contributed by atoms with Gasteiger partial charge in [-0.3, -0.25) is 19.3 Å². The van der Waals surface area contributed by atoms with E-state index in [1.54, 1.807) is 31.2 Å². The van der Waals surface area contributed by atoms with Gasteiger partial charge in [0.2, 0.25) is 5.91 Å². The maximum atomic E-state index is 12.6. The lowest BCUT2D eigenvalue weighted by atomic mass is 9.91. The summed E-state index contributed by atoms with van der Waals surface area (Å²) in [5.41, 5.74) is -0.110. The molecule has 1 aromatic rings. The Balaban J connectivity index is 1.61. The molecule has 8 heteroatoms. The normalized spacial score (nSPS) is 21.6. The van der Waals surface area contributed by atoms with Gasteiger partial charge >= 0.3 is 6.03 Å². The molecular weight excluding hydrogens is 360 g/mol. The molecule has 0 radical (unpaired) electrons. The molecule has 1 aliphatic heterocycles. The maximum Gasteiger partial charge on any atom is 0.325 e. The summed E-state index contributed by atoms with van der Waals surface area (Å²) in [4.78, 5) is 50.2. The Morgan fingerprint density at radius 3 is 2.64 bits per heavy atom. The smallest absolute Gasteiger partial charge is 0.325 e. The average molecular weight is 386 g/mol. The predicted molar refractivity (Wildman–Crippen MR) is 104 cm³/mol. The first kappa shape index (κ1) is 19.9. The molecule has 3 N–H and O–H groups in total. The molecule has 150 valence electrons. The van der Waals surface area contributed by atoms with Crippen molar-refractivity contribution in [2.75, 3.05) is 11.9 Å². The summed E-state index contributed by atoms with van der Waals surface area (Å²) in [6.45, 7) is 5.22. The molecule has 2 fully saturated rings. The summed E-state index contributed by atoms with van der Waals surface area (Å²) >= 11 is 0. The van der Waals surface area contributed by atoms with Crippen molar-refractivity contribution >= 4 is 29.4 Å². The number of benzene rings is 1. The third-order valence-electron chi connectivity index (χ3n) is 4.78. The summed E-state index contributed by atoms with van der Waals surface area (Å²) in [6.07, 6.45) is 2.47. The third-order valence-corrected chi connectivity index (χ3v) is 4.78. The highest BCUT2D eigenvalue weighted by atomic mass is 16.2. The number of anilines is 1. The molecular formula is C20H26N4O4. The molecule has 1 atom stereocenters. The number of amides is 5. The molecule has 8 nitrogen and oxygen atoms in total. The van der Waals surface area contributed by atoms with E-state index in [0.717, 1.165) is 17.7 Å². The standard InChI is InChI=1S/C20H26N4O4/c1-12(2)10-20(3)18(27)24(19(28)23-20)11-16(25)21-15-6-4-5-13(9-15)17(26)22-14-7-8-14/h4-6,9,12,14H,7-8,10-11H2,1-3H3,(H,21,25)(H,22,26)(H,23,28). The summed E-state index contributed by atoms with van der Waals surface area (Å²) in [5, 5.41) is 8.22. The van der Waals surface area contributed by atoms with E-state index in [0.29, 0.717) is 17.7 Å². The highest BCUT2D eigenvalue weighted by Gasteiger charge is 2.48. The van der Waals surface area contributed by atoms with Crippen LogP contribution in [-0.2, 0) is 9.59 Å². The average Bonchev–Trinajstić information content (AvgIpc) is 3.39. The fourth-order valence-electron chi connectivity index (χ4n) is 3.42. The van der Waals surface area contributed by atoms with Crippen LogP contribution in [0.15, 0.2) is 24.3 Å². The molecule has 1 saturated heterocycles. The van der Waals surface area contributed by atoms with Crippen molar-refractivity contribution in [1.29, 1.82) is 0 Å². The fourth-order valence-corrected chi connectivity index (χ4v) is 3.42. The van der Waals surface area contributed by atoms with E-state index in [1.807, 2.05) is 13.8 Å². The molecule has 0 spiro atoms. The van der Waals surface area contributed by atoms with Gasteiger partial charge in [0.05, 0.1) is 0 Å². The largest absolute Gasteiger partial charge is 0.349 e. The summed E-state index contributed by atoms with van der Waals surface area (Å²) in [7, 11) is 0. The van der Waals surface area contributed by atoms with Gasteiger partial charge in [0, 0.05) is 17.3 Å². The van der Waals surface area contributed by atoms with Crippen LogP contribution in [0.2, 0.25) is 0 Å². The lowest BCUT2D eigenvalue weighted by Crippen LogP contribution is -2.45. The van der Waals surface area contributed by atoms with E-state index < -0.39 is 23.4 Å². The first-order valence-electron chi connectivity index (χ1n) is 9.53. The second kappa shape index (κ2) is 7.61. The van der Waals surface area contributed by atoms with E-state index in [2.05, 4.69) is 16.0 Å². The van der Waals surface area contributed by atoms with Gasteiger partial charge in [-0.1, -0.05) is 19.9 Å². The van der Waals surface area contributed by atoms with E-state index in [-0.39, 0.29) is 24.4 Å². The van der Waals surface area contributed by atoms with Gasteiger partial charge in [-0.2, -0.15) is 0 Å². The van der Waals surface area contributed by atoms with Crippen LogP contribution in [0.1, 0.15) is 50.4 Å². The summed E-state index contributed by atoms with van der Waals surface area (Å²) in [5.74, 6) is -0.874. The SMILES string of the molecule is CC(C)CC1(C)NC(=O)N(CC(=O)Nc2cccc(C(=O)NC3CC3)c2)C1=O. The highest BCUT2D eigenvalue weighted by Crippen LogP contribution is 2.25. The van der Waals surface area contributed by atoms with Crippen LogP contribution in [0.25, 0.3) is 0 Å². The Morgan fingerprint density at radius 1 is 1.29 bits per heavy atom. The van der Waals surface area contributed by atoms with Gasteiger partial charge in [-0.05, 0) is 50.3 Å². The van der Waals surface area contributed by atoms with Crippen molar-refractivity contribution in [3.63, 3.8) is 0 Å². The number of hydrogen-bond donors (Lipinski definition) is 3. The number of nitrogens with one attached hydrogen (secondary N) is 3. The Kier molecular flexibility index (Phi) is 5.40. The Morgan fingerprint density at radius 2 is 2.00 bits per heavy atom. The maximum absolute atomic E-state index is 12.6. The molecule has 2 aliphatic rings. The van der Waals surface area contributed by atoms with Crippen LogP contribution in [-0.4, -0.2) is 46.8 Å². The van der Waals surface area contributed by atoms with Crippen molar-refractivity contribution in [2.24, 2.45) is 5.92 Å². The molecule has 1 saturated carbocycles. The zero-order valence-electron chi connectivity index (χ0n) is 16.4. The van der Waals surface area contributed by atoms with E-state index in [9.17, 15) is 19.2 Å². The zero-order valence-corrected chi connectivity index (χ0v) is 16.4. The number of carbonyl (C=O) groups excluding carboxylic acids is 4. The van der Waals surface area contributed by atoms with Crippen LogP contribution in [0.3, 0.4) is 0 Å². The topological polar surface area (TPSA) is 108 Å². The number of imide groups is 1. The lowest BCUT2D eigenvalue weighted by molar-refractivity contribution is -0.133. The number of rotatable bonds is 7. The first-order valence-corrected chi connectivity index (χ1v) is 9.53. The molecule has 1 aliphatic carbocycles. The van der Waals surface area contributed by atoms with Crippen molar-refractivity contribution in [3.8, 4) is 0 Å². The Hall–Kier alpha value is -2.90. The van der Waals surface area contributed by atoms with Gasteiger partial charge in [0.25, 0.3) is 11.8 Å². The quantitative estimate of drug-likeness (QED) is 0.622. The van der Waals surface area contributed by atoms with Gasteiger partial charge in [0.15, 0.2) is 0 Å².